The number of hydrogen-bond donors (Lipinski definition) is 3. The van der Waals surface area contributed by atoms with E-state index in [-0.39, 0.29) is 32.0 Å². The van der Waals surface area contributed by atoms with Gasteiger partial charge in [0.15, 0.2) is 0 Å². The second kappa shape index (κ2) is 13.8. The van der Waals surface area contributed by atoms with Crippen molar-refractivity contribution in [1.29, 1.82) is 0 Å². The summed E-state index contributed by atoms with van der Waals surface area (Å²) < 4.78 is 28.0. The fourth-order valence-corrected chi connectivity index (χ4v) is 3.89. The zero-order chi connectivity index (χ0) is 23.3. The van der Waals surface area contributed by atoms with Crippen LogP contribution in [-0.4, -0.2) is 50.6 Å². The lowest BCUT2D eigenvalue weighted by atomic mass is 10.0. The molecule has 0 aliphatic heterocycles. The summed E-state index contributed by atoms with van der Waals surface area (Å²) >= 11 is 0. The van der Waals surface area contributed by atoms with Gasteiger partial charge in [-0.15, -0.1) is 0 Å². The van der Waals surface area contributed by atoms with Gasteiger partial charge < -0.3 is 24.6 Å². The van der Waals surface area contributed by atoms with Crippen LogP contribution < -0.4 is 15.7 Å². The number of rotatable bonds is 13. The van der Waals surface area contributed by atoms with Crippen LogP contribution in [0.3, 0.4) is 0 Å². The normalized spacial score (nSPS) is 13.7. The van der Waals surface area contributed by atoms with Crippen molar-refractivity contribution in [2.75, 3.05) is 26.5 Å². The lowest BCUT2D eigenvalue weighted by molar-refractivity contribution is -0.143. The lowest BCUT2D eigenvalue weighted by Gasteiger charge is -2.25. The van der Waals surface area contributed by atoms with Crippen molar-refractivity contribution in [2.45, 2.75) is 39.8 Å². The van der Waals surface area contributed by atoms with Crippen molar-refractivity contribution in [1.82, 2.24) is 15.7 Å². The van der Waals surface area contributed by atoms with Crippen molar-refractivity contribution in [3.63, 3.8) is 0 Å². The van der Waals surface area contributed by atoms with Gasteiger partial charge in [0.05, 0.1) is 12.6 Å². The van der Waals surface area contributed by atoms with Crippen LogP contribution in [0, 0.1) is 5.92 Å². The molecule has 3 N–H and O–H groups in total. The second-order valence-corrected chi connectivity index (χ2v) is 9.37. The van der Waals surface area contributed by atoms with E-state index < -0.39 is 31.5 Å². The molecule has 31 heavy (non-hydrogen) atoms. The van der Waals surface area contributed by atoms with E-state index in [2.05, 4.69) is 15.7 Å². The highest BCUT2D eigenvalue weighted by Crippen LogP contribution is 2.41. The molecule has 2 amide bonds. The molecule has 10 nitrogen and oxygen atoms in total. The number of carbonyl (C=O) groups is 3. The Bertz CT molecular complexity index is 758. The first kappa shape index (κ1) is 26.6. The summed E-state index contributed by atoms with van der Waals surface area (Å²) in [5, 5.41) is 7.54. The third kappa shape index (κ3) is 11.0. The number of carbonyl (C=O) groups excluding carboxylic acids is 3. The van der Waals surface area contributed by atoms with Gasteiger partial charge in [-0.3, -0.25) is 14.2 Å². The van der Waals surface area contributed by atoms with Crippen molar-refractivity contribution in [2.24, 2.45) is 5.92 Å². The first-order valence-corrected chi connectivity index (χ1v) is 11.8. The smallest absolute Gasteiger partial charge is 0.407 e. The van der Waals surface area contributed by atoms with Crippen molar-refractivity contribution < 1.29 is 32.9 Å². The molecule has 2 atom stereocenters. The van der Waals surface area contributed by atoms with E-state index in [0.29, 0.717) is 6.42 Å². The zero-order valence-corrected chi connectivity index (χ0v) is 19.3. The van der Waals surface area contributed by atoms with Crippen LogP contribution in [0.25, 0.3) is 0 Å². The first-order chi connectivity index (χ1) is 14.7. The Morgan fingerprint density at radius 1 is 1.06 bits per heavy atom. The Hall–Kier alpha value is -2.42. The minimum atomic E-state index is -3.62. The number of hydrogen-bond acceptors (Lipinski definition) is 7. The van der Waals surface area contributed by atoms with Crippen molar-refractivity contribution >= 4 is 25.5 Å². The summed E-state index contributed by atoms with van der Waals surface area (Å²) in [6.45, 7) is 5.41. The molecule has 0 saturated heterocycles. The summed E-state index contributed by atoms with van der Waals surface area (Å²) in [6, 6.07) is 8.20. The maximum atomic E-state index is 13.0. The van der Waals surface area contributed by atoms with Crippen LogP contribution in [0.15, 0.2) is 30.3 Å². The number of amides is 2. The maximum Gasteiger partial charge on any atom is 0.407 e. The molecule has 1 aromatic carbocycles. The van der Waals surface area contributed by atoms with Gasteiger partial charge in [0.2, 0.25) is 5.91 Å². The molecule has 1 aromatic rings. The van der Waals surface area contributed by atoms with Gasteiger partial charge in [0, 0.05) is 7.11 Å². The minimum absolute atomic E-state index is 0.0592. The Balaban J connectivity index is 2.64. The Morgan fingerprint density at radius 2 is 1.74 bits per heavy atom. The number of benzene rings is 1. The molecule has 0 bridgehead atoms. The van der Waals surface area contributed by atoms with E-state index in [1.165, 1.54) is 7.11 Å². The molecule has 1 unspecified atom stereocenters. The molecule has 174 valence electrons. The second-order valence-electron chi connectivity index (χ2n) is 7.09. The van der Waals surface area contributed by atoms with Gasteiger partial charge in [-0.2, -0.15) is 0 Å². The van der Waals surface area contributed by atoms with Crippen LogP contribution in [0.2, 0.25) is 0 Å². The van der Waals surface area contributed by atoms with E-state index >= 15 is 0 Å². The van der Waals surface area contributed by atoms with Gasteiger partial charge in [-0.25, -0.2) is 9.88 Å². The highest BCUT2D eigenvalue weighted by molar-refractivity contribution is 7.56. The Morgan fingerprint density at radius 3 is 2.32 bits per heavy atom. The predicted molar refractivity (Wildman–Crippen MR) is 115 cm³/mol. The average molecular weight is 457 g/mol. The van der Waals surface area contributed by atoms with Crippen molar-refractivity contribution in [3.8, 4) is 0 Å². The summed E-state index contributed by atoms with van der Waals surface area (Å²) in [5.74, 6) is -1.01. The largest absolute Gasteiger partial charge is 0.465 e. The zero-order valence-electron chi connectivity index (χ0n) is 18.4. The highest BCUT2D eigenvalue weighted by atomic mass is 31.2. The Labute approximate surface area is 182 Å². The van der Waals surface area contributed by atoms with Gasteiger partial charge in [0.25, 0.3) is 7.52 Å². The van der Waals surface area contributed by atoms with Crippen LogP contribution in [-0.2, 0) is 34.8 Å². The molecule has 0 radical (unpaired) electrons. The molecule has 0 spiro atoms. The van der Waals surface area contributed by atoms with Gasteiger partial charge >= 0.3 is 12.1 Å². The summed E-state index contributed by atoms with van der Waals surface area (Å²) in [6.07, 6.45) is -0.813. The number of alkyl carbamates (subject to hydrolysis) is 1. The number of nitrogens with one attached hydrogen (secondary N) is 3. The van der Waals surface area contributed by atoms with Crippen LogP contribution >= 0.6 is 7.52 Å². The topological polar surface area (TPSA) is 132 Å². The molecular weight excluding hydrogens is 425 g/mol. The standard InChI is InChI=1S/C20H32N3O7P/c1-5-29-18(24)12-21-19(25)17(11-15(2)3)23-31(27,28-4)14-22-20(26)30-13-16-9-7-6-8-10-16/h6-10,15,17H,5,11-14H2,1-4H3,(H,21,25)(H,22,26)(H,23,27)/t17-,31?/m0/s1. The first-order valence-electron chi connectivity index (χ1n) is 9.99. The molecular formula is C20H32N3O7P. The Kier molecular flexibility index (Phi) is 11.8. The van der Waals surface area contributed by atoms with Gasteiger partial charge in [-0.1, -0.05) is 44.2 Å². The van der Waals surface area contributed by atoms with Gasteiger partial charge in [-0.05, 0) is 24.8 Å². The molecule has 11 heteroatoms. The third-order valence-corrected chi connectivity index (χ3v) is 5.90. The average Bonchev–Trinajstić information content (AvgIpc) is 2.74. The SMILES string of the molecule is CCOC(=O)CNC(=O)[C@H](CC(C)C)NP(=O)(CNC(=O)OCc1ccccc1)OC. The monoisotopic (exact) mass is 457 g/mol. The van der Waals surface area contributed by atoms with Crippen LogP contribution in [0.4, 0.5) is 4.79 Å². The van der Waals surface area contributed by atoms with E-state index in [1.807, 2.05) is 32.0 Å². The highest BCUT2D eigenvalue weighted by Gasteiger charge is 2.31. The third-order valence-electron chi connectivity index (χ3n) is 4.03. The molecule has 0 aliphatic carbocycles. The molecule has 1 rings (SSSR count). The van der Waals surface area contributed by atoms with Gasteiger partial charge in [0.1, 0.15) is 19.4 Å². The quantitative estimate of drug-likeness (QED) is 0.304. The van der Waals surface area contributed by atoms with Crippen LogP contribution in [0.1, 0.15) is 32.8 Å². The number of esters is 1. The molecule has 0 aliphatic rings. The molecule has 0 saturated carbocycles. The summed E-state index contributed by atoms with van der Waals surface area (Å²) in [7, 11) is -2.40. The molecule has 0 heterocycles. The number of ether oxygens (including phenoxy) is 2. The summed E-state index contributed by atoms with van der Waals surface area (Å²) in [5.41, 5.74) is 0.806. The fraction of sp³-hybridized carbons (Fsp3) is 0.550. The van der Waals surface area contributed by atoms with E-state index in [4.69, 9.17) is 14.0 Å². The maximum absolute atomic E-state index is 13.0. The van der Waals surface area contributed by atoms with E-state index in [9.17, 15) is 18.9 Å². The van der Waals surface area contributed by atoms with E-state index in [1.54, 1.807) is 19.1 Å². The molecule has 0 fully saturated rings. The minimum Gasteiger partial charge on any atom is -0.465 e. The summed E-state index contributed by atoms with van der Waals surface area (Å²) in [4.78, 5) is 35.9. The lowest BCUT2D eigenvalue weighted by Crippen LogP contribution is -2.46. The van der Waals surface area contributed by atoms with Crippen LogP contribution in [0.5, 0.6) is 0 Å². The predicted octanol–water partition coefficient (Wildman–Crippen LogP) is 2.39. The fourth-order valence-electron chi connectivity index (χ4n) is 2.53. The molecule has 0 aromatic heterocycles. The van der Waals surface area contributed by atoms with Crippen molar-refractivity contribution in [3.05, 3.63) is 35.9 Å². The van der Waals surface area contributed by atoms with E-state index in [0.717, 1.165) is 5.56 Å².